The van der Waals surface area contributed by atoms with E-state index in [-0.39, 0.29) is 11.7 Å². The SMILES string of the molecule is CSc1c(N2CCC(C)C2)sc(C(=O)C2CC2)c1N. The minimum absolute atomic E-state index is 0.251. The summed E-state index contributed by atoms with van der Waals surface area (Å²) in [5.41, 5.74) is 6.95. The van der Waals surface area contributed by atoms with E-state index >= 15 is 0 Å². The molecule has 0 bridgehead atoms. The lowest BCUT2D eigenvalue weighted by atomic mass is 10.2. The van der Waals surface area contributed by atoms with E-state index in [1.807, 2.05) is 6.26 Å². The second-order valence-electron chi connectivity index (χ2n) is 5.66. The zero-order valence-electron chi connectivity index (χ0n) is 11.4. The molecule has 1 saturated heterocycles. The third-order valence-electron chi connectivity index (χ3n) is 3.97. The van der Waals surface area contributed by atoms with Crippen molar-refractivity contribution in [1.29, 1.82) is 0 Å². The molecule has 0 radical (unpaired) electrons. The second kappa shape index (κ2) is 5.02. The average Bonchev–Trinajstić information content (AvgIpc) is 3.07. The fraction of sp³-hybridized carbons (Fsp3) is 0.643. The van der Waals surface area contributed by atoms with Crippen molar-refractivity contribution >= 4 is 39.6 Å². The van der Waals surface area contributed by atoms with Crippen molar-refractivity contribution in [2.45, 2.75) is 31.1 Å². The van der Waals surface area contributed by atoms with E-state index in [2.05, 4.69) is 11.8 Å². The number of hydrogen-bond acceptors (Lipinski definition) is 5. The van der Waals surface area contributed by atoms with E-state index in [0.717, 1.165) is 47.3 Å². The minimum atomic E-state index is 0.251. The highest BCUT2D eigenvalue weighted by Crippen LogP contribution is 2.47. The van der Waals surface area contributed by atoms with E-state index < -0.39 is 0 Å². The molecule has 1 aromatic rings. The summed E-state index contributed by atoms with van der Waals surface area (Å²) < 4.78 is 0. The molecule has 2 fully saturated rings. The Kier molecular flexibility index (Phi) is 3.52. The smallest absolute Gasteiger partial charge is 0.178 e. The normalized spacial score (nSPS) is 23.1. The Morgan fingerprint density at radius 2 is 2.16 bits per heavy atom. The number of rotatable bonds is 4. The number of carbonyl (C=O) groups is 1. The molecule has 0 aromatic carbocycles. The van der Waals surface area contributed by atoms with Crippen LogP contribution in [0.15, 0.2) is 4.90 Å². The third-order valence-corrected chi connectivity index (χ3v) is 6.20. The Morgan fingerprint density at radius 3 is 2.68 bits per heavy atom. The first kappa shape index (κ1) is 13.3. The van der Waals surface area contributed by atoms with Crippen molar-refractivity contribution in [3.63, 3.8) is 0 Å². The van der Waals surface area contributed by atoms with Crippen LogP contribution in [0.2, 0.25) is 0 Å². The molecule has 5 heteroatoms. The van der Waals surface area contributed by atoms with Crippen molar-refractivity contribution in [2.75, 3.05) is 30.0 Å². The maximum absolute atomic E-state index is 12.3. The van der Waals surface area contributed by atoms with Gasteiger partial charge in [0.25, 0.3) is 0 Å². The topological polar surface area (TPSA) is 46.3 Å². The molecule has 1 aromatic heterocycles. The maximum atomic E-state index is 12.3. The van der Waals surface area contributed by atoms with Crippen LogP contribution in [0.1, 0.15) is 35.9 Å². The van der Waals surface area contributed by atoms with Crippen molar-refractivity contribution in [1.82, 2.24) is 0 Å². The molecule has 3 rings (SSSR count). The predicted octanol–water partition coefficient (Wildman–Crippen LogP) is 3.49. The summed E-state index contributed by atoms with van der Waals surface area (Å²) in [7, 11) is 0. The van der Waals surface area contributed by atoms with Gasteiger partial charge in [0, 0.05) is 19.0 Å². The molecule has 104 valence electrons. The molecular formula is C14H20N2OS2. The van der Waals surface area contributed by atoms with Gasteiger partial charge < -0.3 is 10.6 Å². The van der Waals surface area contributed by atoms with E-state index in [1.165, 1.54) is 11.4 Å². The third kappa shape index (κ3) is 2.38. The van der Waals surface area contributed by atoms with Crippen LogP contribution in [0.25, 0.3) is 0 Å². The van der Waals surface area contributed by atoms with Crippen LogP contribution in [-0.2, 0) is 0 Å². The molecule has 2 heterocycles. The molecule has 1 aliphatic carbocycles. The number of hydrogen-bond donors (Lipinski definition) is 1. The monoisotopic (exact) mass is 296 g/mol. The zero-order chi connectivity index (χ0) is 13.6. The van der Waals surface area contributed by atoms with Crippen LogP contribution < -0.4 is 10.6 Å². The predicted molar refractivity (Wildman–Crippen MR) is 83.6 cm³/mol. The lowest BCUT2D eigenvalue weighted by Crippen LogP contribution is -2.18. The van der Waals surface area contributed by atoms with Gasteiger partial charge in [-0.05, 0) is 31.4 Å². The lowest BCUT2D eigenvalue weighted by molar-refractivity contribution is 0.0972. The molecule has 0 spiro atoms. The fourth-order valence-electron chi connectivity index (χ4n) is 2.66. The highest BCUT2D eigenvalue weighted by atomic mass is 32.2. The molecule has 0 amide bonds. The Bertz CT molecular complexity index is 508. The van der Waals surface area contributed by atoms with Crippen molar-refractivity contribution in [2.24, 2.45) is 11.8 Å². The van der Waals surface area contributed by atoms with Crippen molar-refractivity contribution in [3.05, 3.63) is 4.88 Å². The summed E-state index contributed by atoms with van der Waals surface area (Å²) in [5.74, 6) is 1.26. The quantitative estimate of drug-likeness (QED) is 0.682. The first-order chi connectivity index (χ1) is 9.11. The summed E-state index contributed by atoms with van der Waals surface area (Å²) in [5, 5.41) is 1.22. The Labute approximate surface area is 122 Å². The van der Waals surface area contributed by atoms with Gasteiger partial charge in [0.05, 0.1) is 15.5 Å². The van der Waals surface area contributed by atoms with Crippen LogP contribution in [0.5, 0.6) is 0 Å². The molecule has 2 N–H and O–H groups in total. The fourth-order valence-corrected chi connectivity index (χ4v) is 4.89. The first-order valence-corrected chi connectivity index (χ1v) is 8.91. The Hall–Kier alpha value is -0.680. The number of nitrogens with two attached hydrogens (primary N) is 1. The molecule has 19 heavy (non-hydrogen) atoms. The van der Waals surface area contributed by atoms with Gasteiger partial charge in [0.2, 0.25) is 0 Å². The number of nitrogen functional groups attached to an aromatic ring is 1. The Morgan fingerprint density at radius 1 is 1.42 bits per heavy atom. The van der Waals surface area contributed by atoms with Crippen LogP contribution in [0.4, 0.5) is 10.7 Å². The minimum Gasteiger partial charge on any atom is -0.396 e. The maximum Gasteiger partial charge on any atom is 0.178 e. The van der Waals surface area contributed by atoms with E-state index in [9.17, 15) is 4.79 Å². The van der Waals surface area contributed by atoms with Crippen LogP contribution in [0.3, 0.4) is 0 Å². The number of thioether (sulfide) groups is 1. The van der Waals surface area contributed by atoms with E-state index in [4.69, 9.17) is 5.73 Å². The second-order valence-corrected chi connectivity index (χ2v) is 7.48. The zero-order valence-corrected chi connectivity index (χ0v) is 13.1. The van der Waals surface area contributed by atoms with Gasteiger partial charge in [0.1, 0.15) is 5.00 Å². The highest BCUT2D eigenvalue weighted by molar-refractivity contribution is 7.99. The Balaban J connectivity index is 1.94. The number of anilines is 2. The molecule has 1 unspecified atom stereocenters. The summed E-state index contributed by atoms with van der Waals surface area (Å²) in [6, 6.07) is 0. The van der Waals surface area contributed by atoms with Crippen molar-refractivity contribution < 1.29 is 4.79 Å². The summed E-state index contributed by atoms with van der Waals surface area (Å²) >= 11 is 3.29. The number of thiophene rings is 1. The van der Waals surface area contributed by atoms with Gasteiger partial charge in [-0.3, -0.25) is 4.79 Å². The molecular weight excluding hydrogens is 276 g/mol. The standard InChI is InChI=1S/C14H20N2OS2/c1-8-5-6-16(7-8)14-13(18-2)10(15)12(19-14)11(17)9-3-4-9/h8-9H,3-7,15H2,1-2H3. The van der Waals surface area contributed by atoms with Crippen LogP contribution in [-0.4, -0.2) is 25.1 Å². The van der Waals surface area contributed by atoms with Gasteiger partial charge in [-0.15, -0.1) is 23.1 Å². The van der Waals surface area contributed by atoms with Gasteiger partial charge in [-0.2, -0.15) is 0 Å². The number of nitrogens with zero attached hydrogens (tertiary/aromatic N) is 1. The molecule has 1 atom stereocenters. The average molecular weight is 296 g/mol. The largest absolute Gasteiger partial charge is 0.396 e. The number of ketones is 1. The molecule has 1 saturated carbocycles. The molecule has 1 aliphatic heterocycles. The number of Topliss-reactive ketones (excluding diaryl/α,β-unsaturated/α-hetero) is 1. The molecule has 3 nitrogen and oxygen atoms in total. The van der Waals surface area contributed by atoms with Gasteiger partial charge >= 0.3 is 0 Å². The molecule has 2 aliphatic rings. The number of carbonyl (C=O) groups excluding carboxylic acids is 1. The first-order valence-electron chi connectivity index (χ1n) is 6.87. The van der Waals surface area contributed by atoms with E-state index in [1.54, 1.807) is 23.1 Å². The van der Waals surface area contributed by atoms with E-state index in [0.29, 0.717) is 0 Å². The van der Waals surface area contributed by atoms with Crippen molar-refractivity contribution in [3.8, 4) is 0 Å². The van der Waals surface area contributed by atoms with Gasteiger partial charge in [-0.25, -0.2) is 0 Å². The summed E-state index contributed by atoms with van der Waals surface area (Å²) in [6.07, 6.45) is 5.37. The summed E-state index contributed by atoms with van der Waals surface area (Å²) in [4.78, 5) is 16.6. The van der Waals surface area contributed by atoms with Crippen LogP contribution >= 0.6 is 23.1 Å². The van der Waals surface area contributed by atoms with Crippen LogP contribution in [0, 0.1) is 11.8 Å². The van der Waals surface area contributed by atoms with Gasteiger partial charge in [0.15, 0.2) is 5.78 Å². The lowest BCUT2D eigenvalue weighted by Gasteiger charge is -2.17. The highest BCUT2D eigenvalue weighted by Gasteiger charge is 2.35. The summed E-state index contributed by atoms with van der Waals surface area (Å²) in [6.45, 7) is 4.46. The van der Waals surface area contributed by atoms with Gasteiger partial charge in [-0.1, -0.05) is 6.92 Å².